The SMILES string of the molecule is C=CCCOc1nc(Cl)c(C=O)s1. The van der Waals surface area contributed by atoms with Crippen LogP contribution < -0.4 is 4.74 Å². The molecular weight excluding hydrogens is 210 g/mol. The van der Waals surface area contributed by atoms with E-state index in [9.17, 15) is 4.79 Å². The molecule has 0 unspecified atom stereocenters. The number of carbonyl (C=O) groups is 1. The predicted molar refractivity (Wildman–Crippen MR) is 52.8 cm³/mol. The Morgan fingerprint density at radius 1 is 1.69 bits per heavy atom. The Bertz CT molecular complexity index is 311. The van der Waals surface area contributed by atoms with E-state index in [2.05, 4.69) is 11.6 Å². The van der Waals surface area contributed by atoms with Gasteiger partial charge < -0.3 is 4.74 Å². The molecule has 0 saturated heterocycles. The third-order valence-electron chi connectivity index (χ3n) is 1.24. The van der Waals surface area contributed by atoms with E-state index < -0.39 is 0 Å². The highest BCUT2D eigenvalue weighted by Gasteiger charge is 2.08. The summed E-state index contributed by atoms with van der Waals surface area (Å²) in [4.78, 5) is 14.6. The van der Waals surface area contributed by atoms with Crippen LogP contribution in [-0.4, -0.2) is 17.9 Å². The highest BCUT2D eigenvalue weighted by atomic mass is 35.5. The highest BCUT2D eigenvalue weighted by molar-refractivity contribution is 7.15. The molecule has 0 radical (unpaired) electrons. The summed E-state index contributed by atoms with van der Waals surface area (Å²) in [6.45, 7) is 4.06. The Morgan fingerprint density at radius 3 is 3.00 bits per heavy atom. The van der Waals surface area contributed by atoms with Crippen LogP contribution >= 0.6 is 22.9 Å². The van der Waals surface area contributed by atoms with E-state index >= 15 is 0 Å². The molecule has 0 fully saturated rings. The number of carbonyl (C=O) groups excluding carboxylic acids is 1. The molecule has 3 nitrogen and oxygen atoms in total. The Kier molecular flexibility index (Phi) is 3.92. The fraction of sp³-hybridized carbons (Fsp3) is 0.250. The fourth-order valence-electron chi connectivity index (χ4n) is 0.658. The van der Waals surface area contributed by atoms with E-state index in [4.69, 9.17) is 16.3 Å². The number of hydrogen-bond donors (Lipinski definition) is 0. The molecular formula is C8H8ClNO2S. The Hall–Kier alpha value is -0.870. The van der Waals surface area contributed by atoms with Crippen LogP contribution in [0.3, 0.4) is 0 Å². The summed E-state index contributed by atoms with van der Waals surface area (Å²) < 4.78 is 5.20. The first kappa shape index (κ1) is 10.2. The molecule has 1 rings (SSSR count). The van der Waals surface area contributed by atoms with Crippen molar-refractivity contribution < 1.29 is 9.53 Å². The molecule has 1 aromatic rings. The summed E-state index contributed by atoms with van der Waals surface area (Å²) in [6, 6.07) is 0. The van der Waals surface area contributed by atoms with Crippen LogP contribution in [0.2, 0.25) is 5.15 Å². The van der Waals surface area contributed by atoms with E-state index in [-0.39, 0.29) is 5.15 Å². The summed E-state index contributed by atoms with van der Waals surface area (Å²) in [6.07, 6.45) is 3.16. The molecule has 5 heteroatoms. The number of hydrogen-bond acceptors (Lipinski definition) is 4. The Labute approximate surface area is 85.0 Å². The molecule has 70 valence electrons. The van der Waals surface area contributed by atoms with Crippen molar-refractivity contribution >= 4 is 29.2 Å². The standard InChI is InChI=1S/C8H8ClNO2S/c1-2-3-4-12-8-10-7(9)6(5-11)13-8/h2,5H,1,3-4H2. The van der Waals surface area contributed by atoms with E-state index in [0.29, 0.717) is 23.0 Å². The van der Waals surface area contributed by atoms with Crippen molar-refractivity contribution in [1.82, 2.24) is 4.98 Å². The van der Waals surface area contributed by atoms with Crippen molar-refractivity contribution in [3.05, 3.63) is 22.7 Å². The monoisotopic (exact) mass is 217 g/mol. The van der Waals surface area contributed by atoms with Crippen molar-refractivity contribution in [2.45, 2.75) is 6.42 Å². The molecule has 0 bridgehead atoms. The zero-order valence-electron chi connectivity index (χ0n) is 6.83. The number of halogens is 1. The third-order valence-corrected chi connectivity index (χ3v) is 2.54. The lowest BCUT2D eigenvalue weighted by molar-refractivity contribution is 0.112. The molecule has 1 aromatic heterocycles. The van der Waals surface area contributed by atoms with E-state index in [0.717, 1.165) is 17.8 Å². The number of nitrogens with zero attached hydrogens (tertiary/aromatic N) is 1. The van der Waals surface area contributed by atoms with Gasteiger partial charge in [0.2, 0.25) is 0 Å². The van der Waals surface area contributed by atoms with Crippen LogP contribution in [0.1, 0.15) is 16.1 Å². The Balaban J connectivity index is 2.57. The van der Waals surface area contributed by atoms with Crippen LogP contribution in [0.25, 0.3) is 0 Å². The molecule has 0 aliphatic heterocycles. The van der Waals surface area contributed by atoms with Crippen LogP contribution in [0.4, 0.5) is 0 Å². The second kappa shape index (κ2) is 4.99. The molecule has 13 heavy (non-hydrogen) atoms. The van der Waals surface area contributed by atoms with Crippen LogP contribution in [0, 0.1) is 0 Å². The number of thiazole rings is 1. The second-order valence-electron chi connectivity index (χ2n) is 2.18. The topological polar surface area (TPSA) is 39.2 Å². The van der Waals surface area contributed by atoms with Gasteiger partial charge in [0, 0.05) is 0 Å². The van der Waals surface area contributed by atoms with Gasteiger partial charge in [-0.3, -0.25) is 4.79 Å². The van der Waals surface area contributed by atoms with Crippen molar-refractivity contribution in [3.63, 3.8) is 0 Å². The quantitative estimate of drug-likeness (QED) is 0.432. The predicted octanol–water partition coefficient (Wildman–Crippen LogP) is 2.56. The summed E-state index contributed by atoms with van der Waals surface area (Å²) in [7, 11) is 0. The van der Waals surface area contributed by atoms with Gasteiger partial charge in [-0.15, -0.1) is 6.58 Å². The van der Waals surface area contributed by atoms with Gasteiger partial charge in [-0.1, -0.05) is 29.0 Å². The lowest BCUT2D eigenvalue weighted by Gasteiger charge is -1.96. The fourth-order valence-corrected chi connectivity index (χ4v) is 1.59. The van der Waals surface area contributed by atoms with E-state index in [1.165, 1.54) is 0 Å². The number of ether oxygens (including phenoxy) is 1. The van der Waals surface area contributed by atoms with Gasteiger partial charge in [0.05, 0.1) is 6.61 Å². The smallest absolute Gasteiger partial charge is 0.275 e. The molecule has 0 amide bonds. The maximum absolute atomic E-state index is 10.4. The van der Waals surface area contributed by atoms with Gasteiger partial charge in [0.25, 0.3) is 5.19 Å². The van der Waals surface area contributed by atoms with Gasteiger partial charge in [-0.2, -0.15) is 4.98 Å². The largest absolute Gasteiger partial charge is 0.470 e. The summed E-state index contributed by atoms with van der Waals surface area (Å²) in [5.74, 6) is 0. The minimum absolute atomic E-state index is 0.202. The first-order valence-corrected chi connectivity index (χ1v) is 4.82. The zero-order valence-corrected chi connectivity index (χ0v) is 8.40. The van der Waals surface area contributed by atoms with Gasteiger partial charge >= 0.3 is 0 Å². The lowest BCUT2D eigenvalue weighted by atomic mass is 10.5. The summed E-state index contributed by atoms with van der Waals surface area (Å²) >= 11 is 6.77. The lowest BCUT2D eigenvalue weighted by Crippen LogP contribution is -1.94. The first-order valence-electron chi connectivity index (χ1n) is 3.63. The molecule has 1 heterocycles. The molecule has 0 aliphatic rings. The van der Waals surface area contributed by atoms with Gasteiger partial charge in [0.15, 0.2) is 11.4 Å². The molecule has 0 aliphatic carbocycles. The minimum atomic E-state index is 0.202. The van der Waals surface area contributed by atoms with Crippen LogP contribution in [0.5, 0.6) is 5.19 Å². The number of aldehydes is 1. The zero-order chi connectivity index (χ0) is 9.68. The average molecular weight is 218 g/mol. The van der Waals surface area contributed by atoms with E-state index in [1.807, 2.05) is 0 Å². The number of rotatable bonds is 5. The third kappa shape index (κ3) is 2.82. The second-order valence-corrected chi connectivity index (χ2v) is 3.53. The van der Waals surface area contributed by atoms with E-state index in [1.54, 1.807) is 6.08 Å². The maximum Gasteiger partial charge on any atom is 0.275 e. The molecule has 0 aromatic carbocycles. The van der Waals surface area contributed by atoms with Crippen molar-refractivity contribution in [2.75, 3.05) is 6.61 Å². The summed E-state index contributed by atoms with van der Waals surface area (Å²) in [5, 5.41) is 0.627. The van der Waals surface area contributed by atoms with Gasteiger partial charge in [-0.25, -0.2) is 0 Å². The summed E-state index contributed by atoms with van der Waals surface area (Å²) in [5.41, 5.74) is 0. The van der Waals surface area contributed by atoms with Crippen molar-refractivity contribution in [1.29, 1.82) is 0 Å². The molecule has 0 saturated carbocycles. The molecule has 0 N–H and O–H groups in total. The first-order chi connectivity index (χ1) is 6.27. The average Bonchev–Trinajstić information content (AvgIpc) is 2.47. The van der Waals surface area contributed by atoms with Gasteiger partial charge in [-0.05, 0) is 6.42 Å². The normalized spacial score (nSPS) is 9.62. The Morgan fingerprint density at radius 2 is 2.46 bits per heavy atom. The van der Waals surface area contributed by atoms with Crippen LogP contribution in [0.15, 0.2) is 12.7 Å². The minimum Gasteiger partial charge on any atom is -0.470 e. The van der Waals surface area contributed by atoms with Gasteiger partial charge in [0.1, 0.15) is 4.88 Å². The molecule has 0 atom stereocenters. The highest BCUT2D eigenvalue weighted by Crippen LogP contribution is 2.26. The van der Waals surface area contributed by atoms with Crippen molar-refractivity contribution in [2.24, 2.45) is 0 Å². The maximum atomic E-state index is 10.4. The van der Waals surface area contributed by atoms with Crippen molar-refractivity contribution in [3.8, 4) is 5.19 Å². The van der Waals surface area contributed by atoms with Crippen LogP contribution in [-0.2, 0) is 0 Å². The molecule has 0 spiro atoms. The number of aromatic nitrogens is 1.